The highest BCUT2D eigenvalue weighted by Gasteiger charge is 2.65. The minimum Gasteiger partial charge on any atom is -0.350 e. The van der Waals surface area contributed by atoms with E-state index in [1.54, 1.807) is 4.90 Å². The number of amides is 2. The van der Waals surface area contributed by atoms with Crippen LogP contribution in [0.5, 0.6) is 0 Å². The molecule has 1 aromatic rings. The second-order valence-electron chi connectivity index (χ2n) is 7.52. The Morgan fingerprint density at radius 1 is 1.32 bits per heavy atom. The van der Waals surface area contributed by atoms with Gasteiger partial charge in [-0.3, -0.25) is 14.7 Å². The molecule has 3 saturated carbocycles. The Kier molecular flexibility index (Phi) is 2.37. The van der Waals surface area contributed by atoms with E-state index in [9.17, 15) is 9.59 Å². The summed E-state index contributed by atoms with van der Waals surface area (Å²) in [6.07, 6.45) is 5.91. The van der Waals surface area contributed by atoms with Gasteiger partial charge < -0.3 is 10.2 Å². The van der Waals surface area contributed by atoms with Crippen LogP contribution in [0.4, 0.5) is 0 Å². The fourth-order valence-corrected chi connectivity index (χ4v) is 3.68. The Balaban J connectivity index is 1.13. The lowest BCUT2D eigenvalue weighted by Gasteiger charge is -2.39. The number of likely N-dealkylation sites (tertiary alicyclic amines) is 1. The number of hydrogen-bond acceptors (Lipinski definition) is 3. The van der Waals surface area contributed by atoms with Crippen molar-refractivity contribution in [3.05, 3.63) is 17.5 Å². The smallest absolute Gasteiger partial charge is 0.274 e. The number of aromatic amines is 1. The van der Waals surface area contributed by atoms with Gasteiger partial charge in [-0.25, -0.2) is 0 Å². The minimum absolute atomic E-state index is 0.0289. The van der Waals surface area contributed by atoms with Gasteiger partial charge in [0.25, 0.3) is 5.91 Å². The Morgan fingerprint density at radius 2 is 2.09 bits per heavy atom. The summed E-state index contributed by atoms with van der Waals surface area (Å²) in [5, 5.41) is 10.2. The number of rotatable bonds is 4. The third kappa shape index (κ3) is 1.96. The molecule has 1 saturated heterocycles. The molecule has 116 valence electrons. The SMILES string of the molecule is O=C(NC1CN(C(=O)c2cc(C3CC3)[nH]n2)C1)C1CC12CC2. The van der Waals surface area contributed by atoms with Crippen LogP contribution >= 0.6 is 0 Å². The van der Waals surface area contributed by atoms with E-state index in [0.717, 1.165) is 12.1 Å². The van der Waals surface area contributed by atoms with Gasteiger partial charge in [0.05, 0.1) is 6.04 Å². The average molecular weight is 300 g/mol. The molecular weight excluding hydrogens is 280 g/mol. The average Bonchev–Trinajstić information content (AvgIpc) is 3.39. The maximum absolute atomic E-state index is 12.3. The lowest BCUT2D eigenvalue weighted by molar-refractivity contribution is -0.124. The van der Waals surface area contributed by atoms with Crippen LogP contribution in [0, 0.1) is 11.3 Å². The summed E-state index contributed by atoms with van der Waals surface area (Å²) in [6, 6.07) is 2.00. The second-order valence-corrected chi connectivity index (χ2v) is 7.52. The predicted molar refractivity (Wildman–Crippen MR) is 78.2 cm³/mol. The Morgan fingerprint density at radius 3 is 2.73 bits per heavy atom. The Labute approximate surface area is 128 Å². The van der Waals surface area contributed by atoms with Gasteiger partial charge in [-0.1, -0.05) is 0 Å². The molecular formula is C16H20N4O2. The van der Waals surface area contributed by atoms with Crippen molar-refractivity contribution in [3.63, 3.8) is 0 Å². The molecule has 22 heavy (non-hydrogen) atoms. The van der Waals surface area contributed by atoms with Crippen molar-refractivity contribution in [1.29, 1.82) is 0 Å². The fraction of sp³-hybridized carbons (Fsp3) is 0.688. The second kappa shape index (κ2) is 4.12. The summed E-state index contributed by atoms with van der Waals surface area (Å²) >= 11 is 0. The van der Waals surface area contributed by atoms with Gasteiger partial charge in [-0.2, -0.15) is 5.10 Å². The zero-order chi connectivity index (χ0) is 14.9. The van der Waals surface area contributed by atoms with Gasteiger partial charge in [0.15, 0.2) is 0 Å². The largest absolute Gasteiger partial charge is 0.350 e. The summed E-state index contributed by atoms with van der Waals surface area (Å²) in [7, 11) is 0. The van der Waals surface area contributed by atoms with E-state index in [0.29, 0.717) is 30.1 Å². The lowest BCUT2D eigenvalue weighted by atomic mass is 10.1. The van der Waals surface area contributed by atoms with E-state index in [-0.39, 0.29) is 23.8 Å². The van der Waals surface area contributed by atoms with Gasteiger partial charge in [0, 0.05) is 30.6 Å². The first-order valence-electron chi connectivity index (χ1n) is 8.30. The summed E-state index contributed by atoms with van der Waals surface area (Å²) in [6.45, 7) is 1.21. The van der Waals surface area contributed by atoms with Crippen LogP contribution in [0.3, 0.4) is 0 Å². The number of hydrogen-bond donors (Lipinski definition) is 2. The summed E-state index contributed by atoms with van der Waals surface area (Å²) < 4.78 is 0. The highest BCUT2D eigenvalue weighted by Crippen LogP contribution is 2.70. The van der Waals surface area contributed by atoms with Crippen LogP contribution in [0.1, 0.15) is 54.2 Å². The first-order chi connectivity index (χ1) is 10.6. The number of aromatic nitrogens is 2. The third-order valence-corrected chi connectivity index (χ3v) is 5.75. The van der Waals surface area contributed by atoms with E-state index in [4.69, 9.17) is 0 Å². The molecule has 0 aromatic carbocycles. The van der Waals surface area contributed by atoms with Gasteiger partial charge in [-0.15, -0.1) is 0 Å². The highest BCUT2D eigenvalue weighted by atomic mass is 16.2. The molecule has 4 fully saturated rings. The van der Waals surface area contributed by atoms with Crippen molar-refractivity contribution in [2.75, 3.05) is 13.1 Å². The lowest BCUT2D eigenvalue weighted by Crippen LogP contribution is -2.61. The predicted octanol–water partition coefficient (Wildman–Crippen LogP) is 1.03. The van der Waals surface area contributed by atoms with Crippen LogP contribution in [-0.4, -0.2) is 46.0 Å². The molecule has 0 radical (unpaired) electrons. The van der Waals surface area contributed by atoms with Crippen LogP contribution in [0.25, 0.3) is 0 Å². The zero-order valence-electron chi connectivity index (χ0n) is 12.5. The molecule has 5 rings (SSSR count). The number of nitrogens with zero attached hydrogens (tertiary/aromatic N) is 2. The van der Waals surface area contributed by atoms with Gasteiger partial charge in [0.2, 0.25) is 5.91 Å². The van der Waals surface area contributed by atoms with Gasteiger partial charge >= 0.3 is 0 Å². The molecule has 2 N–H and O–H groups in total. The number of H-pyrrole nitrogens is 1. The van der Waals surface area contributed by atoms with E-state index in [1.807, 2.05) is 6.07 Å². The summed E-state index contributed by atoms with van der Waals surface area (Å²) in [5.41, 5.74) is 1.99. The monoisotopic (exact) mass is 300 g/mol. The number of nitrogens with one attached hydrogen (secondary N) is 2. The number of carbonyl (C=O) groups is 2. The van der Waals surface area contributed by atoms with Crippen molar-refractivity contribution in [2.45, 2.75) is 44.1 Å². The van der Waals surface area contributed by atoms with Crippen LogP contribution in [0.15, 0.2) is 6.07 Å². The standard InChI is InChI=1S/C16H20N4O2/c21-14(11-6-16(11)3-4-16)17-10-7-20(8-10)15(22)13-5-12(18-19-13)9-1-2-9/h5,9-11H,1-4,6-8H2,(H,17,21)(H,18,19). The zero-order valence-corrected chi connectivity index (χ0v) is 12.5. The molecule has 2 amide bonds. The molecule has 2 heterocycles. The van der Waals surface area contributed by atoms with E-state index in [1.165, 1.54) is 25.7 Å². The minimum atomic E-state index is -0.0289. The van der Waals surface area contributed by atoms with Crippen LogP contribution in [-0.2, 0) is 4.79 Å². The maximum Gasteiger partial charge on any atom is 0.274 e. The number of carbonyl (C=O) groups excluding carboxylic acids is 2. The molecule has 0 bridgehead atoms. The van der Waals surface area contributed by atoms with E-state index < -0.39 is 0 Å². The highest BCUT2D eigenvalue weighted by molar-refractivity contribution is 5.93. The summed E-state index contributed by atoms with van der Waals surface area (Å²) in [5.74, 6) is 1.000. The fourth-order valence-electron chi connectivity index (χ4n) is 3.68. The Hall–Kier alpha value is -1.85. The Bertz CT molecular complexity index is 653. The van der Waals surface area contributed by atoms with Crippen molar-refractivity contribution in [3.8, 4) is 0 Å². The molecule has 1 spiro atoms. The first kappa shape index (κ1) is 12.7. The molecule has 3 aliphatic carbocycles. The molecule has 1 unspecified atom stereocenters. The van der Waals surface area contributed by atoms with Crippen molar-refractivity contribution < 1.29 is 9.59 Å². The van der Waals surface area contributed by atoms with Crippen LogP contribution < -0.4 is 5.32 Å². The maximum atomic E-state index is 12.3. The molecule has 1 aliphatic heterocycles. The van der Waals surface area contributed by atoms with E-state index in [2.05, 4.69) is 15.5 Å². The van der Waals surface area contributed by atoms with Gasteiger partial charge in [0.1, 0.15) is 5.69 Å². The van der Waals surface area contributed by atoms with Crippen molar-refractivity contribution in [1.82, 2.24) is 20.4 Å². The van der Waals surface area contributed by atoms with Gasteiger partial charge in [-0.05, 0) is 43.6 Å². The topological polar surface area (TPSA) is 78.1 Å². The van der Waals surface area contributed by atoms with E-state index >= 15 is 0 Å². The molecule has 6 heteroatoms. The van der Waals surface area contributed by atoms with Crippen molar-refractivity contribution in [2.24, 2.45) is 11.3 Å². The quantitative estimate of drug-likeness (QED) is 0.871. The molecule has 1 aromatic heterocycles. The summed E-state index contributed by atoms with van der Waals surface area (Å²) in [4.78, 5) is 26.1. The molecule has 1 atom stereocenters. The normalized spacial score (nSPS) is 28.4. The molecule has 6 nitrogen and oxygen atoms in total. The first-order valence-corrected chi connectivity index (χ1v) is 8.30. The van der Waals surface area contributed by atoms with Crippen LogP contribution in [0.2, 0.25) is 0 Å². The van der Waals surface area contributed by atoms with Crippen molar-refractivity contribution >= 4 is 11.8 Å². The third-order valence-electron chi connectivity index (χ3n) is 5.75. The molecule has 4 aliphatic rings.